The zero-order valence-electron chi connectivity index (χ0n) is 24.2. The molecule has 46 heavy (non-hydrogen) atoms. The number of hydrogen-bond acceptors (Lipinski definition) is 5. The summed E-state index contributed by atoms with van der Waals surface area (Å²) < 4.78 is 54.2. The second-order valence-corrected chi connectivity index (χ2v) is 11.3. The van der Waals surface area contributed by atoms with Gasteiger partial charge in [-0.3, -0.25) is 4.79 Å². The van der Waals surface area contributed by atoms with Gasteiger partial charge in [0.15, 0.2) is 17.3 Å². The summed E-state index contributed by atoms with van der Waals surface area (Å²) in [6.07, 6.45) is -3.22. The molecule has 6 nitrogen and oxygen atoms in total. The Morgan fingerprint density at radius 3 is 2.43 bits per heavy atom. The molecule has 0 fully saturated rings. The molecule has 6 aromatic rings. The number of alkyl halides is 3. The van der Waals surface area contributed by atoms with Crippen LogP contribution in [0.4, 0.5) is 13.2 Å². The van der Waals surface area contributed by atoms with E-state index in [-0.39, 0.29) is 28.4 Å². The van der Waals surface area contributed by atoms with Crippen LogP contribution in [0.5, 0.6) is 11.5 Å². The molecule has 1 aromatic heterocycles. The van der Waals surface area contributed by atoms with E-state index in [0.717, 1.165) is 33.1 Å². The first-order chi connectivity index (χ1) is 22.2. The van der Waals surface area contributed by atoms with Gasteiger partial charge in [0.2, 0.25) is 0 Å². The van der Waals surface area contributed by atoms with Crippen LogP contribution in [0.25, 0.3) is 33.1 Å². The maximum atomic E-state index is 13.6. The van der Waals surface area contributed by atoms with Crippen molar-refractivity contribution in [2.45, 2.75) is 19.7 Å². The molecule has 232 valence electrons. The van der Waals surface area contributed by atoms with Gasteiger partial charge in [-0.1, -0.05) is 78.3 Å². The van der Waals surface area contributed by atoms with Crippen LogP contribution in [0, 0.1) is 0 Å². The highest BCUT2D eigenvalue weighted by Gasteiger charge is 2.31. The fraction of sp³-hybridized carbons (Fsp3) is 0.114. The highest BCUT2D eigenvalue weighted by molar-refractivity contribution is 9.10. The van der Waals surface area contributed by atoms with E-state index < -0.39 is 17.3 Å². The van der Waals surface area contributed by atoms with Crippen LogP contribution >= 0.6 is 27.5 Å². The largest absolute Gasteiger partial charge is 0.490 e. The first kappa shape index (κ1) is 31.3. The molecule has 6 rings (SSSR count). The monoisotopic (exact) mass is 705 g/mol. The fourth-order valence-electron chi connectivity index (χ4n) is 5.04. The minimum Gasteiger partial charge on any atom is -0.490 e. The maximum Gasteiger partial charge on any atom is 0.416 e. The molecule has 11 heteroatoms. The van der Waals surface area contributed by atoms with Crippen LogP contribution in [0.15, 0.2) is 111 Å². The molecule has 0 radical (unpaired) electrons. The second kappa shape index (κ2) is 13.0. The zero-order valence-corrected chi connectivity index (χ0v) is 26.5. The minimum atomic E-state index is -4.59. The standard InChI is InChI=1S/C35H24BrClF3N3O3/c1-2-45-29-18-24(30(36)31(37)32(29)46-20-23-12-7-10-21-9-3-4-14-26(21)23)19-41-43-33(22-11-8-13-25(17-22)35(38,39)40)42-28-16-6-5-15-27(28)34(43)44/h3-19H,2,20H2,1H3. The van der Waals surface area contributed by atoms with Crippen molar-refractivity contribution in [3.63, 3.8) is 0 Å². The van der Waals surface area contributed by atoms with Gasteiger partial charge in [0.05, 0.1) is 29.3 Å². The molecular weight excluding hydrogens is 683 g/mol. The van der Waals surface area contributed by atoms with Gasteiger partial charge in [-0.05, 0) is 69.5 Å². The molecule has 0 aliphatic rings. The summed E-state index contributed by atoms with van der Waals surface area (Å²) in [6, 6.07) is 26.7. The quantitative estimate of drug-likeness (QED) is 0.148. The molecule has 0 atom stereocenters. The second-order valence-electron chi connectivity index (χ2n) is 10.2. The predicted octanol–water partition coefficient (Wildman–Crippen LogP) is 9.51. The van der Waals surface area contributed by atoms with Crippen molar-refractivity contribution in [1.29, 1.82) is 0 Å². The lowest BCUT2D eigenvalue weighted by atomic mass is 10.1. The third-order valence-electron chi connectivity index (χ3n) is 7.22. The van der Waals surface area contributed by atoms with E-state index in [1.54, 1.807) is 30.3 Å². The summed E-state index contributed by atoms with van der Waals surface area (Å²) >= 11 is 10.3. The lowest BCUT2D eigenvalue weighted by molar-refractivity contribution is -0.137. The van der Waals surface area contributed by atoms with Crippen LogP contribution in [0.3, 0.4) is 0 Å². The highest BCUT2D eigenvalue weighted by atomic mass is 79.9. The van der Waals surface area contributed by atoms with Crippen LogP contribution in [0.1, 0.15) is 23.6 Å². The topological polar surface area (TPSA) is 65.7 Å². The lowest BCUT2D eigenvalue weighted by Crippen LogP contribution is -2.20. The van der Waals surface area contributed by atoms with Crippen molar-refractivity contribution >= 4 is 55.4 Å². The molecule has 1 heterocycles. The van der Waals surface area contributed by atoms with Gasteiger partial charge in [-0.2, -0.15) is 22.9 Å². The number of aromatic nitrogens is 2. The van der Waals surface area contributed by atoms with Crippen molar-refractivity contribution in [3.8, 4) is 22.9 Å². The Morgan fingerprint density at radius 2 is 1.65 bits per heavy atom. The summed E-state index contributed by atoms with van der Waals surface area (Å²) in [6.45, 7) is 2.35. The summed E-state index contributed by atoms with van der Waals surface area (Å²) in [7, 11) is 0. The van der Waals surface area contributed by atoms with Crippen molar-refractivity contribution in [1.82, 2.24) is 9.66 Å². The zero-order chi connectivity index (χ0) is 32.4. The third kappa shape index (κ3) is 6.23. The summed E-state index contributed by atoms with van der Waals surface area (Å²) in [5, 5.41) is 7.00. The van der Waals surface area contributed by atoms with Crippen LogP contribution in [-0.2, 0) is 12.8 Å². The van der Waals surface area contributed by atoms with E-state index in [4.69, 9.17) is 21.1 Å². The Kier molecular flexibility index (Phi) is 8.84. The number of ether oxygens (including phenoxy) is 2. The molecule has 0 unspecified atom stereocenters. The van der Waals surface area contributed by atoms with Crippen LogP contribution in [0.2, 0.25) is 5.02 Å². The SMILES string of the molecule is CCOc1cc(C=Nn2c(-c3cccc(C(F)(F)F)c3)nc3ccccc3c2=O)c(Br)c(Cl)c1OCc1cccc2ccccc12. The van der Waals surface area contributed by atoms with Crippen LogP contribution < -0.4 is 15.0 Å². The molecule has 0 saturated heterocycles. The van der Waals surface area contributed by atoms with Gasteiger partial charge >= 0.3 is 6.18 Å². The maximum absolute atomic E-state index is 13.6. The molecule has 0 saturated carbocycles. The van der Waals surface area contributed by atoms with E-state index in [1.165, 1.54) is 18.3 Å². The lowest BCUT2D eigenvalue weighted by Gasteiger charge is -2.17. The Hall–Kier alpha value is -4.67. The van der Waals surface area contributed by atoms with Gasteiger partial charge in [-0.15, -0.1) is 0 Å². The predicted molar refractivity (Wildman–Crippen MR) is 178 cm³/mol. The van der Waals surface area contributed by atoms with Crippen molar-refractivity contribution < 1.29 is 22.6 Å². The Balaban J connectivity index is 1.42. The summed E-state index contributed by atoms with van der Waals surface area (Å²) in [5.74, 6) is 0.600. The first-order valence-electron chi connectivity index (χ1n) is 14.1. The number of benzene rings is 5. The highest BCUT2D eigenvalue weighted by Crippen LogP contribution is 2.43. The van der Waals surface area contributed by atoms with E-state index in [0.29, 0.717) is 33.7 Å². The van der Waals surface area contributed by atoms with E-state index in [9.17, 15) is 18.0 Å². The number of hydrogen-bond donors (Lipinski definition) is 0. The molecular formula is C35H24BrClF3N3O3. The normalized spacial score (nSPS) is 11.9. The smallest absolute Gasteiger partial charge is 0.416 e. The third-order valence-corrected chi connectivity index (χ3v) is 8.67. The number of halogens is 5. The fourth-order valence-corrected chi connectivity index (χ4v) is 5.69. The van der Waals surface area contributed by atoms with E-state index in [2.05, 4.69) is 26.0 Å². The van der Waals surface area contributed by atoms with Gasteiger partial charge in [0.1, 0.15) is 11.6 Å². The minimum absolute atomic E-state index is 0.0617. The number of para-hydroxylation sites is 1. The van der Waals surface area contributed by atoms with E-state index >= 15 is 0 Å². The molecule has 0 aliphatic carbocycles. The number of nitrogens with zero attached hydrogens (tertiary/aromatic N) is 3. The molecule has 0 bridgehead atoms. The van der Waals surface area contributed by atoms with Crippen molar-refractivity contribution in [2.24, 2.45) is 5.10 Å². The molecule has 5 aromatic carbocycles. The molecule has 0 amide bonds. The summed E-state index contributed by atoms with van der Waals surface area (Å²) in [4.78, 5) is 18.1. The number of fused-ring (bicyclic) bond motifs is 2. The first-order valence-corrected chi connectivity index (χ1v) is 15.3. The van der Waals surface area contributed by atoms with Crippen molar-refractivity contribution in [2.75, 3.05) is 6.61 Å². The van der Waals surface area contributed by atoms with Crippen molar-refractivity contribution in [3.05, 3.63) is 134 Å². The molecule has 0 N–H and O–H groups in total. The van der Waals surface area contributed by atoms with Gasteiger partial charge in [0.25, 0.3) is 5.56 Å². The Morgan fingerprint density at radius 1 is 0.935 bits per heavy atom. The average Bonchev–Trinajstić information content (AvgIpc) is 3.06. The molecule has 0 aliphatic heterocycles. The molecule has 0 spiro atoms. The summed E-state index contributed by atoms with van der Waals surface area (Å²) in [5.41, 5.74) is 0.347. The van der Waals surface area contributed by atoms with E-state index in [1.807, 2.05) is 49.4 Å². The van der Waals surface area contributed by atoms with Gasteiger partial charge in [-0.25, -0.2) is 4.98 Å². The van der Waals surface area contributed by atoms with Gasteiger partial charge in [0, 0.05) is 15.6 Å². The average molecular weight is 707 g/mol. The Labute approximate surface area is 274 Å². The Bertz CT molecular complexity index is 2180. The van der Waals surface area contributed by atoms with Crippen LogP contribution in [-0.4, -0.2) is 22.5 Å². The van der Waals surface area contributed by atoms with Gasteiger partial charge < -0.3 is 9.47 Å². The number of rotatable bonds is 8.